The van der Waals surface area contributed by atoms with Gasteiger partial charge in [0.25, 0.3) is 0 Å². The molecular formula is C24H39N3O2. The van der Waals surface area contributed by atoms with Crippen LogP contribution in [0.25, 0.3) is 0 Å². The number of rotatable bonds is 7. The minimum Gasteiger partial charge on any atom is -0.490 e. The number of hydrogen-bond acceptors (Lipinski definition) is 5. The molecule has 1 aromatic rings. The van der Waals surface area contributed by atoms with E-state index in [1.165, 1.54) is 57.2 Å². The summed E-state index contributed by atoms with van der Waals surface area (Å²) < 4.78 is 6.21. The fourth-order valence-electron chi connectivity index (χ4n) is 5.46. The molecule has 0 aromatic heterocycles. The van der Waals surface area contributed by atoms with Crippen LogP contribution < -0.4 is 4.74 Å². The van der Waals surface area contributed by atoms with Crippen LogP contribution in [0.1, 0.15) is 50.5 Å². The number of benzene rings is 1. The Hall–Kier alpha value is -1.14. The van der Waals surface area contributed by atoms with Gasteiger partial charge in [0.2, 0.25) is 0 Å². The normalized spacial score (nSPS) is 26.2. The molecule has 2 heterocycles. The number of piperidine rings is 1. The molecule has 0 radical (unpaired) electrons. The maximum Gasteiger partial charge on any atom is 0.120 e. The van der Waals surface area contributed by atoms with Crippen LogP contribution >= 0.6 is 0 Å². The summed E-state index contributed by atoms with van der Waals surface area (Å²) in [7, 11) is 2.23. The highest BCUT2D eigenvalue weighted by molar-refractivity contribution is 5.28. The predicted molar refractivity (Wildman–Crippen MR) is 117 cm³/mol. The van der Waals surface area contributed by atoms with Gasteiger partial charge in [-0.05, 0) is 82.8 Å². The highest BCUT2D eigenvalue weighted by Crippen LogP contribution is 2.26. The lowest BCUT2D eigenvalue weighted by atomic mass is 9.98. The first-order chi connectivity index (χ1) is 14.2. The number of hydrogen-bond donors (Lipinski definition) is 1. The molecule has 3 aliphatic rings. The van der Waals surface area contributed by atoms with Crippen LogP contribution in [0.3, 0.4) is 0 Å². The number of aliphatic hydroxyl groups excluding tert-OH is 1. The van der Waals surface area contributed by atoms with Gasteiger partial charge >= 0.3 is 0 Å². The first kappa shape index (κ1) is 21.1. The van der Waals surface area contributed by atoms with Gasteiger partial charge in [0.1, 0.15) is 5.75 Å². The maximum absolute atomic E-state index is 9.65. The molecule has 4 rings (SSSR count). The van der Waals surface area contributed by atoms with Crippen molar-refractivity contribution in [3.05, 3.63) is 29.8 Å². The van der Waals surface area contributed by atoms with E-state index in [4.69, 9.17) is 4.74 Å². The second-order valence-electron chi connectivity index (χ2n) is 9.35. The summed E-state index contributed by atoms with van der Waals surface area (Å²) in [5, 5.41) is 9.65. The summed E-state index contributed by atoms with van der Waals surface area (Å²) >= 11 is 0. The maximum atomic E-state index is 9.65. The largest absolute Gasteiger partial charge is 0.490 e. The second kappa shape index (κ2) is 10.3. The Morgan fingerprint density at radius 2 is 1.83 bits per heavy atom. The second-order valence-corrected chi connectivity index (χ2v) is 9.35. The molecule has 0 spiro atoms. The van der Waals surface area contributed by atoms with Crippen molar-refractivity contribution in [2.24, 2.45) is 0 Å². The summed E-state index contributed by atoms with van der Waals surface area (Å²) in [6.07, 6.45) is 8.83. The van der Waals surface area contributed by atoms with E-state index in [1.807, 2.05) is 0 Å². The van der Waals surface area contributed by atoms with E-state index in [0.29, 0.717) is 18.2 Å². The molecule has 29 heavy (non-hydrogen) atoms. The van der Waals surface area contributed by atoms with Crippen molar-refractivity contribution in [1.82, 2.24) is 14.7 Å². The fraction of sp³-hybridized carbons (Fsp3) is 0.750. The van der Waals surface area contributed by atoms with Crippen molar-refractivity contribution in [2.75, 3.05) is 46.4 Å². The topological polar surface area (TPSA) is 39.2 Å². The predicted octanol–water partition coefficient (Wildman–Crippen LogP) is 2.97. The molecule has 2 aliphatic heterocycles. The monoisotopic (exact) mass is 401 g/mol. The van der Waals surface area contributed by atoms with Crippen molar-refractivity contribution >= 4 is 0 Å². The van der Waals surface area contributed by atoms with Crippen molar-refractivity contribution in [1.29, 1.82) is 0 Å². The molecule has 1 aromatic carbocycles. The summed E-state index contributed by atoms with van der Waals surface area (Å²) in [4.78, 5) is 7.72. The van der Waals surface area contributed by atoms with Crippen LogP contribution in [-0.4, -0.2) is 84.4 Å². The standard InChI is InChI=1S/C24H39N3O2/c1-25-12-9-21(10-13-25)27-15-14-26(19-22(27)11-16-28)18-20-5-4-8-24(17-20)29-23-6-2-3-7-23/h4-5,8,17,21-23,28H,2-3,6-7,9-16,18-19H2,1H3/t22-/m1/s1. The number of piperazine rings is 1. The van der Waals surface area contributed by atoms with Gasteiger partial charge in [0, 0.05) is 44.9 Å². The van der Waals surface area contributed by atoms with E-state index in [-0.39, 0.29) is 6.61 Å². The quantitative estimate of drug-likeness (QED) is 0.761. The van der Waals surface area contributed by atoms with Crippen LogP contribution in [0.5, 0.6) is 5.75 Å². The summed E-state index contributed by atoms with van der Waals surface area (Å²) in [6, 6.07) is 9.87. The van der Waals surface area contributed by atoms with Gasteiger partial charge in [-0.15, -0.1) is 0 Å². The zero-order valence-corrected chi connectivity index (χ0v) is 18.1. The van der Waals surface area contributed by atoms with E-state index in [0.717, 1.165) is 38.3 Å². The Morgan fingerprint density at radius 1 is 1.03 bits per heavy atom. The van der Waals surface area contributed by atoms with Gasteiger partial charge in [-0.25, -0.2) is 0 Å². The Bertz CT molecular complexity index is 626. The molecule has 0 unspecified atom stereocenters. The lowest BCUT2D eigenvalue weighted by Crippen LogP contribution is -2.58. The van der Waals surface area contributed by atoms with Gasteiger partial charge in [-0.3, -0.25) is 9.80 Å². The molecule has 1 atom stereocenters. The lowest BCUT2D eigenvalue weighted by Gasteiger charge is -2.47. The van der Waals surface area contributed by atoms with Crippen LogP contribution in [0.4, 0.5) is 0 Å². The van der Waals surface area contributed by atoms with Gasteiger partial charge in [-0.1, -0.05) is 12.1 Å². The van der Waals surface area contributed by atoms with Gasteiger partial charge < -0.3 is 14.7 Å². The Labute approximate surface area is 176 Å². The number of ether oxygens (including phenoxy) is 1. The van der Waals surface area contributed by atoms with Gasteiger partial charge in [0.05, 0.1) is 6.10 Å². The molecule has 0 amide bonds. The molecule has 2 saturated heterocycles. The first-order valence-electron chi connectivity index (χ1n) is 11.7. The fourth-order valence-corrected chi connectivity index (χ4v) is 5.46. The van der Waals surface area contributed by atoms with Crippen LogP contribution in [0.2, 0.25) is 0 Å². The SMILES string of the molecule is CN1CCC(N2CCN(Cc3cccc(OC4CCCC4)c3)C[C@H]2CCO)CC1. The smallest absolute Gasteiger partial charge is 0.120 e. The Kier molecular flexibility index (Phi) is 7.46. The lowest BCUT2D eigenvalue weighted by molar-refractivity contribution is 0.00598. The third-order valence-corrected chi connectivity index (χ3v) is 7.14. The van der Waals surface area contributed by atoms with E-state index in [2.05, 4.69) is 46.0 Å². The average Bonchev–Trinajstić information content (AvgIpc) is 3.23. The highest BCUT2D eigenvalue weighted by Gasteiger charge is 2.33. The molecule has 162 valence electrons. The van der Waals surface area contributed by atoms with Crippen molar-refractivity contribution in [2.45, 2.75) is 69.7 Å². The average molecular weight is 402 g/mol. The minimum atomic E-state index is 0.284. The molecule has 1 N–H and O–H groups in total. The number of aliphatic hydroxyl groups is 1. The Morgan fingerprint density at radius 3 is 2.59 bits per heavy atom. The van der Waals surface area contributed by atoms with E-state index >= 15 is 0 Å². The molecule has 3 fully saturated rings. The zero-order valence-electron chi connectivity index (χ0n) is 18.1. The molecule has 1 aliphatic carbocycles. The van der Waals surface area contributed by atoms with Crippen LogP contribution in [0.15, 0.2) is 24.3 Å². The molecule has 5 heteroatoms. The van der Waals surface area contributed by atoms with E-state index in [1.54, 1.807) is 0 Å². The molecule has 1 saturated carbocycles. The zero-order chi connectivity index (χ0) is 20.1. The van der Waals surface area contributed by atoms with Crippen molar-refractivity contribution < 1.29 is 9.84 Å². The van der Waals surface area contributed by atoms with Gasteiger partial charge in [-0.2, -0.15) is 0 Å². The van der Waals surface area contributed by atoms with Crippen LogP contribution in [-0.2, 0) is 6.54 Å². The Balaban J connectivity index is 1.34. The van der Waals surface area contributed by atoms with Gasteiger partial charge in [0.15, 0.2) is 0 Å². The third kappa shape index (κ3) is 5.72. The first-order valence-corrected chi connectivity index (χ1v) is 11.7. The third-order valence-electron chi connectivity index (χ3n) is 7.14. The van der Waals surface area contributed by atoms with E-state index in [9.17, 15) is 5.11 Å². The molecular weight excluding hydrogens is 362 g/mol. The van der Waals surface area contributed by atoms with Crippen molar-refractivity contribution in [3.63, 3.8) is 0 Å². The van der Waals surface area contributed by atoms with Crippen molar-refractivity contribution in [3.8, 4) is 5.75 Å². The number of likely N-dealkylation sites (tertiary alicyclic amines) is 1. The number of nitrogens with zero attached hydrogens (tertiary/aromatic N) is 3. The molecule has 5 nitrogen and oxygen atoms in total. The summed E-state index contributed by atoms with van der Waals surface area (Å²) in [6.45, 7) is 6.95. The molecule has 0 bridgehead atoms. The summed E-state index contributed by atoms with van der Waals surface area (Å²) in [5.41, 5.74) is 1.34. The highest BCUT2D eigenvalue weighted by atomic mass is 16.5. The summed E-state index contributed by atoms with van der Waals surface area (Å²) in [5.74, 6) is 1.03. The van der Waals surface area contributed by atoms with Crippen LogP contribution in [0, 0.1) is 0 Å². The van der Waals surface area contributed by atoms with E-state index < -0.39 is 0 Å². The minimum absolute atomic E-state index is 0.284.